The molecular weight excluding hydrogens is 252 g/mol. The van der Waals surface area contributed by atoms with Crippen LogP contribution in [-0.4, -0.2) is 9.78 Å². The van der Waals surface area contributed by atoms with E-state index in [0.717, 1.165) is 25.1 Å². The van der Waals surface area contributed by atoms with E-state index in [9.17, 15) is 0 Å². The minimum absolute atomic E-state index is 0.154. The number of aromatic nitrogens is 2. The van der Waals surface area contributed by atoms with Crippen molar-refractivity contribution in [1.82, 2.24) is 20.7 Å². The van der Waals surface area contributed by atoms with Gasteiger partial charge in [0, 0.05) is 11.3 Å². The zero-order valence-electron chi connectivity index (χ0n) is 11.1. The molecule has 2 aliphatic rings. The topological polar surface area (TPSA) is 66.6 Å². The molecular formula is C14H16N6. The van der Waals surface area contributed by atoms with Crippen molar-refractivity contribution < 1.29 is 0 Å². The highest BCUT2D eigenvalue weighted by Crippen LogP contribution is 2.30. The molecule has 1 unspecified atom stereocenters. The second kappa shape index (κ2) is 4.72. The third-order valence-electron chi connectivity index (χ3n) is 3.90. The van der Waals surface area contributed by atoms with Crippen molar-refractivity contribution in [1.29, 1.82) is 0 Å². The molecule has 1 aliphatic carbocycles. The van der Waals surface area contributed by atoms with Gasteiger partial charge < -0.3 is 0 Å². The number of hydrogen-bond donors (Lipinski definition) is 2. The van der Waals surface area contributed by atoms with Gasteiger partial charge in [-0.25, -0.2) is 5.53 Å². The Balaban J connectivity index is 1.70. The van der Waals surface area contributed by atoms with E-state index < -0.39 is 0 Å². The predicted molar refractivity (Wildman–Crippen MR) is 73.7 cm³/mol. The summed E-state index contributed by atoms with van der Waals surface area (Å²) in [7, 11) is 0. The van der Waals surface area contributed by atoms with Gasteiger partial charge in [-0.15, -0.1) is 5.11 Å². The average Bonchev–Trinajstić information content (AvgIpc) is 3.18. The largest absolute Gasteiger partial charge is 0.264 e. The lowest BCUT2D eigenvalue weighted by Crippen LogP contribution is -2.25. The van der Waals surface area contributed by atoms with Crippen LogP contribution >= 0.6 is 0 Å². The van der Waals surface area contributed by atoms with Gasteiger partial charge in [0.05, 0.1) is 6.54 Å². The van der Waals surface area contributed by atoms with Crippen molar-refractivity contribution in [2.75, 3.05) is 0 Å². The van der Waals surface area contributed by atoms with Crippen LogP contribution in [-0.2, 0) is 19.4 Å². The Labute approximate surface area is 116 Å². The van der Waals surface area contributed by atoms with Crippen LogP contribution in [0.5, 0.6) is 0 Å². The average molecular weight is 268 g/mol. The van der Waals surface area contributed by atoms with E-state index in [-0.39, 0.29) is 6.17 Å². The quantitative estimate of drug-likeness (QED) is 0.893. The molecule has 0 amide bonds. The Morgan fingerprint density at radius 1 is 1.20 bits per heavy atom. The van der Waals surface area contributed by atoms with Gasteiger partial charge in [0.1, 0.15) is 5.69 Å². The molecule has 1 aromatic carbocycles. The molecule has 0 radical (unpaired) electrons. The zero-order valence-corrected chi connectivity index (χ0v) is 11.1. The molecule has 0 spiro atoms. The van der Waals surface area contributed by atoms with Crippen LogP contribution in [0, 0.1) is 0 Å². The molecule has 20 heavy (non-hydrogen) atoms. The third-order valence-corrected chi connectivity index (χ3v) is 3.90. The second-order valence-electron chi connectivity index (χ2n) is 5.18. The summed E-state index contributed by atoms with van der Waals surface area (Å²) in [5, 5.41) is 12.7. The van der Waals surface area contributed by atoms with E-state index in [2.05, 4.69) is 50.2 Å². The maximum Gasteiger partial charge on any atom is 0.185 e. The molecule has 0 saturated heterocycles. The van der Waals surface area contributed by atoms with Crippen LogP contribution in [0.2, 0.25) is 0 Å². The molecule has 2 heterocycles. The van der Waals surface area contributed by atoms with Crippen LogP contribution in [0.4, 0.5) is 0 Å². The Kier molecular flexibility index (Phi) is 2.74. The number of benzene rings is 1. The minimum atomic E-state index is -0.154. The van der Waals surface area contributed by atoms with E-state index in [1.807, 2.05) is 6.07 Å². The Morgan fingerprint density at radius 3 is 2.90 bits per heavy atom. The molecule has 0 fully saturated rings. The summed E-state index contributed by atoms with van der Waals surface area (Å²) < 4.78 is 2.13. The molecule has 0 bridgehead atoms. The molecule has 1 atom stereocenters. The number of rotatable bonds is 3. The number of hydrogen-bond acceptors (Lipinski definition) is 5. The van der Waals surface area contributed by atoms with Gasteiger partial charge in [0.15, 0.2) is 6.17 Å². The van der Waals surface area contributed by atoms with Gasteiger partial charge in [-0.3, -0.25) is 4.68 Å². The lowest BCUT2D eigenvalue weighted by atomic mass is 10.1. The monoisotopic (exact) mass is 268 g/mol. The first-order valence-corrected chi connectivity index (χ1v) is 6.94. The van der Waals surface area contributed by atoms with Gasteiger partial charge in [-0.2, -0.15) is 10.5 Å². The van der Waals surface area contributed by atoms with Crippen molar-refractivity contribution in [3.8, 4) is 0 Å². The number of nitrogens with one attached hydrogen (secondary N) is 2. The van der Waals surface area contributed by atoms with Crippen LogP contribution in [0.3, 0.4) is 0 Å². The second-order valence-corrected chi connectivity index (χ2v) is 5.18. The molecule has 4 rings (SSSR count). The molecule has 2 aromatic rings. The third kappa shape index (κ3) is 1.89. The molecule has 1 aliphatic heterocycles. The maximum atomic E-state index is 4.77. The van der Waals surface area contributed by atoms with Crippen LogP contribution < -0.4 is 11.0 Å². The molecule has 0 saturated carbocycles. The van der Waals surface area contributed by atoms with E-state index in [0.29, 0.717) is 0 Å². The first kappa shape index (κ1) is 11.6. The van der Waals surface area contributed by atoms with E-state index in [4.69, 9.17) is 5.10 Å². The van der Waals surface area contributed by atoms with E-state index >= 15 is 0 Å². The van der Waals surface area contributed by atoms with Gasteiger partial charge in [0.25, 0.3) is 0 Å². The van der Waals surface area contributed by atoms with Crippen molar-refractivity contribution in [3.05, 3.63) is 52.8 Å². The van der Waals surface area contributed by atoms with Crippen LogP contribution in [0.25, 0.3) is 0 Å². The number of fused-ring (bicyclic) bond motifs is 1. The highest BCUT2D eigenvalue weighted by molar-refractivity contribution is 5.33. The molecule has 102 valence electrons. The summed E-state index contributed by atoms with van der Waals surface area (Å²) in [5.74, 6) is 0. The lowest BCUT2D eigenvalue weighted by Gasteiger charge is -2.06. The normalized spacial score (nSPS) is 20.1. The fourth-order valence-corrected chi connectivity index (χ4v) is 2.97. The summed E-state index contributed by atoms with van der Waals surface area (Å²) in [6.07, 6.45) is 3.24. The first-order chi connectivity index (χ1) is 9.92. The smallest absolute Gasteiger partial charge is 0.185 e. The van der Waals surface area contributed by atoms with Gasteiger partial charge >= 0.3 is 0 Å². The van der Waals surface area contributed by atoms with E-state index in [1.165, 1.54) is 23.2 Å². The summed E-state index contributed by atoms with van der Waals surface area (Å²) >= 11 is 0. The lowest BCUT2D eigenvalue weighted by molar-refractivity contribution is 0.524. The summed E-state index contributed by atoms with van der Waals surface area (Å²) in [4.78, 5) is 0. The number of hydrazine groups is 1. The molecule has 2 N–H and O–H groups in total. The Hall–Kier alpha value is -2.21. The Bertz CT molecular complexity index is 645. The van der Waals surface area contributed by atoms with Crippen molar-refractivity contribution in [2.24, 2.45) is 10.3 Å². The SMILES string of the molecule is c1ccc(Cn2nc(C3N=NNN3)c3c2CCC3)cc1. The van der Waals surface area contributed by atoms with Gasteiger partial charge in [-0.05, 0) is 24.8 Å². The summed E-state index contributed by atoms with van der Waals surface area (Å²) in [6, 6.07) is 10.4. The summed E-state index contributed by atoms with van der Waals surface area (Å²) in [6.45, 7) is 0.820. The highest BCUT2D eigenvalue weighted by Gasteiger charge is 2.28. The molecule has 6 nitrogen and oxygen atoms in total. The fraction of sp³-hybridized carbons (Fsp3) is 0.357. The van der Waals surface area contributed by atoms with Crippen molar-refractivity contribution >= 4 is 0 Å². The van der Waals surface area contributed by atoms with Crippen molar-refractivity contribution in [2.45, 2.75) is 32.0 Å². The fourth-order valence-electron chi connectivity index (χ4n) is 2.97. The minimum Gasteiger partial charge on any atom is -0.264 e. The maximum absolute atomic E-state index is 4.77. The predicted octanol–water partition coefficient (Wildman–Crippen LogP) is 1.89. The first-order valence-electron chi connectivity index (χ1n) is 6.94. The number of nitrogens with zero attached hydrogens (tertiary/aromatic N) is 4. The zero-order chi connectivity index (χ0) is 13.4. The molecule has 6 heteroatoms. The van der Waals surface area contributed by atoms with Gasteiger partial charge in [-0.1, -0.05) is 35.6 Å². The molecule has 1 aromatic heterocycles. The van der Waals surface area contributed by atoms with Gasteiger partial charge in [0.2, 0.25) is 0 Å². The summed E-state index contributed by atoms with van der Waals surface area (Å²) in [5.41, 5.74) is 10.7. The standard InChI is InChI=1S/C14H16N6/c1-2-5-10(6-3-1)9-20-12-8-4-7-11(12)13(17-20)14-15-18-19-16-14/h1-3,5-6,14H,4,7-9H2,(H,15,19)(H,16,18). The van der Waals surface area contributed by atoms with E-state index in [1.54, 1.807) is 0 Å². The van der Waals surface area contributed by atoms with Crippen LogP contribution in [0.15, 0.2) is 40.7 Å². The highest BCUT2D eigenvalue weighted by atomic mass is 15.7. The van der Waals surface area contributed by atoms with Crippen LogP contribution in [0.1, 0.15) is 35.1 Å². The Morgan fingerprint density at radius 2 is 2.10 bits per heavy atom. The van der Waals surface area contributed by atoms with Crippen molar-refractivity contribution in [3.63, 3.8) is 0 Å².